The molecule has 2 aromatic heterocycles. The van der Waals surface area contributed by atoms with Crippen molar-refractivity contribution in [3.63, 3.8) is 0 Å². The van der Waals surface area contributed by atoms with Gasteiger partial charge in [-0.05, 0) is 24.6 Å². The number of hydrogen-bond acceptors (Lipinski definition) is 6. The molecule has 1 N–H and O–H groups in total. The molecule has 33 heavy (non-hydrogen) atoms. The predicted octanol–water partition coefficient (Wildman–Crippen LogP) is 4.07. The van der Waals surface area contributed by atoms with Gasteiger partial charge >= 0.3 is 0 Å². The lowest BCUT2D eigenvalue weighted by atomic mass is 9.86. The Bertz CT molecular complexity index is 1330. The number of rotatable bonds is 6. The van der Waals surface area contributed by atoms with E-state index in [2.05, 4.69) is 32.2 Å². The quantitative estimate of drug-likeness (QED) is 0.456. The topological polar surface area (TPSA) is 94.8 Å². The molecular weight excluding hydrogens is 416 g/mol. The minimum Gasteiger partial charge on any atom is -0.490 e. The van der Waals surface area contributed by atoms with E-state index in [4.69, 9.17) is 4.74 Å². The normalized spacial score (nSPS) is 14.9. The molecule has 1 atom stereocenters. The summed E-state index contributed by atoms with van der Waals surface area (Å²) in [4.78, 5) is 17.3. The van der Waals surface area contributed by atoms with Crippen LogP contribution in [0.25, 0.3) is 17.2 Å². The first kappa shape index (κ1) is 20.6. The number of carbonyl (C=O) groups is 1. The number of benzene rings is 2. The van der Waals surface area contributed by atoms with Crippen LogP contribution >= 0.6 is 0 Å². The van der Waals surface area contributed by atoms with Gasteiger partial charge in [-0.1, -0.05) is 55.1 Å². The third-order valence-electron chi connectivity index (χ3n) is 5.54. The van der Waals surface area contributed by atoms with Gasteiger partial charge in [-0.15, -0.1) is 5.10 Å². The van der Waals surface area contributed by atoms with E-state index in [1.807, 2.05) is 61.5 Å². The summed E-state index contributed by atoms with van der Waals surface area (Å²) in [7, 11) is 0. The van der Waals surface area contributed by atoms with Gasteiger partial charge in [0.1, 0.15) is 18.2 Å². The van der Waals surface area contributed by atoms with Gasteiger partial charge in [-0.3, -0.25) is 4.79 Å². The van der Waals surface area contributed by atoms with Gasteiger partial charge in [0, 0.05) is 23.5 Å². The summed E-state index contributed by atoms with van der Waals surface area (Å²) in [5, 5.41) is 15.9. The van der Waals surface area contributed by atoms with Crippen LogP contribution in [-0.4, -0.2) is 37.5 Å². The first-order valence-electron chi connectivity index (χ1n) is 10.6. The lowest BCUT2D eigenvalue weighted by Crippen LogP contribution is -2.25. The average Bonchev–Trinajstić information content (AvgIpc) is 3.19. The van der Waals surface area contributed by atoms with Crippen molar-refractivity contribution in [1.82, 2.24) is 25.0 Å². The van der Waals surface area contributed by atoms with Gasteiger partial charge in [0.05, 0.1) is 17.6 Å². The Morgan fingerprint density at radius 1 is 1.21 bits per heavy atom. The maximum atomic E-state index is 12.7. The first-order chi connectivity index (χ1) is 16.1. The van der Waals surface area contributed by atoms with Crippen LogP contribution in [0.2, 0.25) is 0 Å². The summed E-state index contributed by atoms with van der Waals surface area (Å²) in [6, 6.07) is 17.5. The second-order valence-corrected chi connectivity index (χ2v) is 7.74. The summed E-state index contributed by atoms with van der Waals surface area (Å²) >= 11 is 0. The van der Waals surface area contributed by atoms with Crippen LogP contribution in [0.4, 0.5) is 5.82 Å². The van der Waals surface area contributed by atoms with E-state index in [0.29, 0.717) is 30.5 Å². The largest absolute Gasteiger partial charge is 0.490 e. The molecule has 0 bridgehead atoms. The van der Waals surface area contributed by atoms with Crippen LogP contribution in [0, 0.1) is 6.92 Å². The standard InChI is InChI=1S/C25H22N6O2/c1-3-12-33-19-11-7-10-18(13-19)20-14-22(32)28-24-23(20)16(2)30-31(24)25-27-21(15-26-29-25)17-8-5-4-6-9-17/h3-11,13,15,20H,1,12,14H2,2H3,(H,28,32). The van der Waals surface area contributed by atoms with Crippen molar-refractivity contribution in [2.75, 3.05) is 11.9 Å². The molecule has 4 aromatic rings. The molecule has 8 nitrogen and oxygen atoms in total. The molecule has 0 fully saturated rings. The molecule has 1 aliphatic heterocycles. The molecule has 164 valence electrons. The smallest absolute Gasteiger partial charge is 0.272 e. The van der Waals surface area contributed by atoms with E-state index in [1.54, 1.807) is 17.0 Å². The highest BCUT2D eigenvalue weighted by Crippen LogP contribution is 2.40. The van der Waals surface area contributed by atoms with E-state index in [0.717, 1.165) is 28.1 Å². The van der Waals surface area contributed by atoms with Crippen molar-refractivity contribution in [2.24, 2.45) is 0 Å². The summed E-state index contributed by atoms with van der Waals surface area (Å²) < 4.78 is 7.26. The van der Waals surface area contributed by atoms with Crippen LogP contribution in [0.15, 0.2) is 73.4 Å². The number of ether oxygens (including phenoxy) is 1. The minimum absolute atomic E-state index is 0.0989. The Morgan fingerprint density at radius 3 is 2.88 bits per heavy atom. The van der Waals surface area contributed by atoms with Crippen molar-refractivity contribution in [2.45, 2.75) is 19.3 Å². The molecule has 1 aliphatic rings. The molecule has 1 unspecified atom stereocenters. The Hall–Kier alpha value is -4.33. The summed E-state index contributed by atoms with van der Waals surface area (Å²) in [5.41, 5.74) is 4.30. The highest BCUT2D eigenvalue weighted by atomic mass is 16.5. The highest BCUT2D eigenvalue weighted by Gasteiger charge is 2.33. The summed E-state index contributed by atoms with van der Waals surface area (Å²) in [6.07, 6.45) is 3.62. The van der Waals surface area contributed by atoms with E-state index in [9.17, 15) is 4.79 Å². The third kappa shape index (κ3) is 3.98. The number of carbonyl (C=O) groups excluding carboxylic acids is 1. The van der Waals surface area contributed by atoms with E-state index in [-0.39, 0.29) is 11.8 Å². The van der Waals surface area contributed by atoms with Crippen LogP contribution < -0.4 is 10.1 Å². The minimum atomic E-state index is -0.167. The zero-order valence-corrected chi connectivity index (χ0v) is 18.1. The molecule has 3 heterocycles. The Labute approximate surface area is 191 Å². The monoisotopic (exact) mass is 438 g/mol. The number of hydrogen-bond donors (Lipinski definition) is 1. The SMILES string of the molecule is C=CCOc1cccc(C2CC(=O)Nc3c2c(C)nn3-c2nncc(-c3ccccc3)n2)c1. The number of nitrogens with one attached hydrogen (secondary N) is 1. The lowest BCUT2D eigenvalue weighted by Gasteiger charge is -2.24. The Morgan fingerprint density at radius 2 is 2.06 bits per heavy atom. The van der Waals surface area contributed by atoms with Crippen molar-refractivity contribution >= 4 is 11.7 Å². The average molecular weight is 438 g/mol. The van der Waals surface area contributed by atoms with Gasteiger partial charge in [-0.2, -0.15) is 14.9 Å². The number of nitrogens with zero attached hydrogens (tertiary/aromatic N) is 5. The van der Waals surface area contributed by atoms with Crippen LogP contribution in [0.5, 0.6) is 5.75 Å². The molecular formula is C25H22N6O2. The summed E-state index contributed by atoms with van der Waals surface area (Å²) in [5.74, 6) is 1.33. The molecule has 0 saturated heterocycles. The molecule has 0 spiro atoms. The Balaban J connectivity index is 1.57. The molecule has 1 amide bonds. The maximum Gasteiger partial charge on any atom is 0.272 e. The van der Waals surface area contributed by atoms with E-state index >= 15 is 0 Å². The fourth-order valence-electron chi connectivity index (χ4n) is 4.08. The zero-order valence-electron chi connectivity index (χ0n) is 18.1. The first-order valence-corrected chi connectivity index (χ1v) is 10.6. The van der Waals surface area contributed by atoms with Gasteiger partial charge in [0.25, 0.3) is 5.95 Å². The van der Waals surface area contributed by atoms with Crippen LogP contribution in [-0.2, 0) is 4.79 Å². The van der Waals surface area contributed by atoms with Crippen LogP contribution in [0.1, 0.15) is 29.2 Å². The fourth-order valence-corrected chi connectivity index (χ4v) is 4.08. The summed E-state index contributed by atoms with van der Waals surface area (Å²) in [6.45, 7) is 6.03. The van der Waals surface area contributed by atoms with E-state index < -0.39 is 0 Å². The fraction of sp³-hybridized carbons (Fsp3) is 0.160. The molecule has 5 rings (SSSR count). The van der Waals surface area contributed by atoms with Gasteiger partial charge in [-0.25, -0.2) is 4.98 Å². The lowest BCUT2D eigenvalue weighted by molar-refractivity contribution is -0.116. The maximum absolute atomic E-state index is 12.7. The van der Waals surface area contributed by atoms with Crippen molar-refractivity contribution in [3.05, 3.63) is 90.3 Å². The highest BCUT2D eigenvalue weighted by molar-refractivity contribution is 5.95. The molecule has 0 radical (unpaired) electrons. The number of aromatic nitrogens is 5. The zero-order chi connectivity index (χ0) is 22.8. The molecule has 8 heteroatoms. The van der Waals surface area contributed by atoms with Gasteiger partial charge in [0.15, 0.2) is 0 Å². The molecule has 2 aromatic carbocycles. The second-order valence-electron chi connectivity index (χ2n) is 7.74. The second kappa shape index (κ2) is 8.66. The number of fused-ring (bicyclic) bond motifs is 1. The number of amides is 1. The molecule has 0 aliphatic carbocycles. The molecule has 0 saturated carbocycles. The number of anilines is 1. The van der Waals surface area contributed by atoms with Crippen LogP contribution in [0.3, 0.4) is 0 Å². The van der Waals surface area contributed by atoms with E-state index in [1.165, 1.54) is 0 Å². The van der Waals surface area contributed by atoms with Crippen molar-refractivity contribution in [1.29, 1.82) is 0 Å². The third-order valence-corrected chi connectivity index (χ3v) is 5.54. The van der Waals surface area contributed by atoms with Gasteiger partial charge < -0.3 is 10.1 Å². The Kier molecular flexibility index (Phi) is 5.40. The van der Waals surface area contributed by atoms with Crippen molar-refractivity contribution < 1.29 is 9.53 Å². The van der Waals surface area contributed by atoms with Gasteiger partial charge in [0.2, 0.25) is 5.91 Å². The van der Waals surface area contributed by atoms with Crippen molar-refractivity contribution in [3.8, 4) is 23.0 Å². The predicted molar refractivity (Wildman–Crippen MR) is 124 cm³/mol. The number of aryl methyl sites for hydroxylation is 1.